The van der Waals surface area contributed by atoms with Gasteiger partial charge in [-0.05, 0) is 90.2 Å². The summed E-state index contributed by atoms with van der Waals surface area (Å²) in [6.45, 7) is 6.93. The number of hydrogen-bond donors (Lipinski definition) is 0. The van der Waals surface area contributed by atoms with Gasteiger partial charge in [-0.1, -0.05) is 98.3 Å². The number of allylic oxidation sites excluding steroid dienone is 8. The largest absolute Gasteiger partial charge is 0.0726 e. The molecule has 0 saturated heterocycles. The molecular formula is C32H36. The third kappa shape index (κ3) is 4.33. The second-order valence-electron chi connectivity index (χ2n) is 10.4. The fraction of sp³-hybridized carbons (Fsp3) is 0.375. The number of fused-ring (bicyclic) bond motifs is 1. The minimum Gasteiger partial charge on any atom is -0.0726 e. The molecule has 32 heavy (non-hydrogen) atoms. The van der Waals surface area contributed by atoms with Gasteiger partial charge in [-0.25, -0.2) is 0 Å². The molecule has 1 saturated carbocycles. The molecule has 1 unspecified atom stereocenters. The van der Waals surface area contributed by atoms with E-state index >= 15 is 0 Å². The molecule has 3 aliphatic rings. The van der Waals surface area contributed by atoms with Crippen molar-refractivity contribution in [2.75, 3.05) is 0 Å². The predicted molar refractivity (Wildman–Crippen MR) is 138 cm³/mol. The Kier molecular flexibility index (Phi) is 6.05. The molecule has 0 radical (unpaired) electrons. The molecular weight excluding hydrogens is 384 g/mol. The van der Waals surface area contributed by atoms with Crippen molar-refractivity contribution >= 4 is 5.57 Å². The molecule has 2 aromatic carbocycles. The average molecular weight is 421 g/mol. The van der Waals surface area contributed by atoms with Crippen molar-refractivity contribution in [1.82, 2.24) is 0 Å². The van der Waals surface area contributed by atoms with Crippen LogP contribution in [0.4, 0.5) is 0 Å². The van der Waals surface area contributed by atoms with E-state index in [1.165, 1.54) is 59.1 Å². The number of aryl methyl sites for hydroxylation is 1. The Hall–Kier alpha value is -2.60. The van der Waals surface area contributed by atoms with Gasteiger partial charge in [0.2, 0.25) is 0 Å². The summed E-state index contributed by atoms with van der Waals surface area (Å²) in [7, 11) is 0. The van der Waals surface area contributed by atoms with E-state index in [1.807, 2.05) is 0 Å². The van der Waals surface area contributed by atoms with Crippen LogP contribution in [0.1, 0.15) is 67.7 Å². The monoisotopic (exact) mass is 420 g/mol. The summed E-state index contributed by atoms with van der Waals surface area (Å²) in [5.41, 5.74) is 9.98. The molecule has 3 aliphatic carbocycles. The van der Waals surface area contributed by atoms with E-state index in [1.54, 1.807) is 5.56 Å². The topological polar surface area (TPSA) is 0 Å². The first-order valence-electron chi connectivity index (χ1n) is 12.5. The lowest BCUT2D eigenvalue weighted by atomic mass is 9.74. The van der Waals surface area contributed by atoms with Gasteiger partial charge in [0.25, 0.3) is 0 Å². The number of rotatable bonds is 5. The van der Waals surface area contributed by atoms with Gasteiger partial charge in [-0.2, -0.15) is 0 Å². The lowest BCUT2D eigenvalue weighted by Crippen LogP contribution is -2.17. The van der Waals surface area contributed by atoms with Gasteiger partial charge in [0.15, 0.2) is 0 Å². The predicted octanol–water partition coefficient (Wildman–Crippen LogP) is 8.60. The average Bonchev–Trinajstić information content (AvgIpc) is 3.31. The highest BCUT2D eigenvalue weighted by atomic mass is 14.3. The summed E-state index contributed by atoms with van der Waals surface area (Å²) in [5, 5.41) is 0. The van der Waals surface area contributed by atoms with E-state index in [4.69, 9.17) is 0 Å². The molecule has 0 N–H and O–H groups in total. The van der Waals surface area contributed by atoms with Crippen LogP contribution >= 0.6 is 0 Å². The molecule has 0 aromatic heterocycles. The fourth-order valence-electron chi connectivity index (χ4n) is 5.88. The number of hydrogen-bond acceptors (Lipinski definition) is 0. The third-order valence-electron chi connectivity index (χ3n) is 8.03. The zero-order chi connectivity index (χ0) is 22.1. The Labute approximate surface area is 194 Å². The van der Waals surface area contributed by atoms with Gasteiger partial charge in [0.05, 0.1) is 0 Å². The highest BCUT2D eigenvalue weighted by Crippen LogP contribution is 2.42. The Bertz CT molecular complexity index is 1060. The smallest absolute Gasteiger partial charge is 0.0281 e. The molecule has 0 aliphatic heterocycles. The lowest BCUT2D eigenvalue weighted by molar-refractivity contribution is 0.259. The molecule has 0 spiro atoms. The molecule has 0 heteroatoms. The van der Waals surface area contributed by atoms with Crippen molar-refractivity contribution in [3.63, 3.8) is 0 Å². The summed E-state index contributed by atoms with van der Waals surface area (Å²) in [6, 6.07) is 18.5. The molecule has 1 fully saturated rings. The molecule has 0 nitrogen and oxygen atoms in total. The van der Waals surface area contributed by atoms with Gasteiger partial charge in [-0.15, -0.1) is 0 Å². The second kappa shape index (κ2) is 9.10. The zero-order valence-corrected chi connectivity index (χ0v) is 19.9. The van der Waals surface area contributed by atoms with Gasteiger partial charge >= 0.3 is 0 Å². The van der Waals surface area contributed by atoms with Crippen LogP contribution in [0, 0.1) is 24.7 Å². The van der Waals surface area contributed by atoms with Crippen molar-refractivity contribution in [1.29, 1.82) is 0 Å². The van der Waals surface area contributed by atoms with Gasteiger partial charge < -0.3 is 0 Å². The lowest BCUT2D eigenvalue weighted by Gasteiger charge is -2.31. The fourth-order valence-corrected chi connectivity index (χ4v) is 5.88. The van der Waals surface area contributed by atoms with Gasteiger partial charge in [-0.3, -0.25) is 0 Å². The zero-order valence-electron chi connectivity index (χ0n) is 19.9. The molecule has 0 bridgehead atoms. The van der Waals surface area contributed by atoms with Crippen molar-refractivity contribution in [2.24, 2.45) is 17.8 Å². The normalized spacial score (nSPS) is 24.8. The van der Waals surface area contributed by atoms with Crippen molar-refractivity contribution in [3.05, 3.63) is 112 Å². The maximum Gasteiger partial charge on any atom is 0.0281 e. The van der Waals surface area contributed by atoms with E-state index in [9.17, 15) is 0 Å². The van der Waals surface area contributed by atoms with E-state index in [0.29, 0.717) is 5.92 Å². The summed E-state index contributed by atoms with van der Waals surface area (Å²) >= 11 is 0. The van der Waals surface area contributed by atoms with Crippen molar-refractivity contribution in [2.45, 2.75) is 58.8 Å². The maximum absolute atomic E-state index is 2.41. The van der Waals surface area contributed by atoms with Crippen LogP contribution in [-0.2, 0) is 6.42 Å². The summed E-state index contributed by atoms with van der Waals surface area (Å²) < 4.78 is 0. The van der Waals surface area contributed by atoms with Crippen LogP contribution < -0.4 is 0 Å². The Morgan fingerprint density at radius 1 is 0.781 bits per heavy atom. The Morgan fingerprint density at radius 2 is 1.50 bits per heavy atom. The summed E-state index contributed by atoms with van der Waals surface area (Å²) in [5.74, 6) is 2.93. The first kappa shape index (κ1) is 21.3. The van der Waals surface area contributed by atoms with Crippen LogP contribution in [0.2, 0.25) is 0 Å². The Balaban J connectivity index is 1.29. The van der Waals surface area contributed by atoms with Crippen LogP contribution in [-0.4, -0.2) is 0 Å². The van der Waals surface area contributed by atoms with E-state index in [0.717, 1.165) is 24.2 Å². The van der Waals surface area contributed by atoms with Crippen LogP contribution in [0.3, 0.4) is 0 Å². The Morgan fingerprint density at radius 3 is 2.19 bits per heavy atom. The van der Waals surface area contributed by atoms with E-state index < -0.39 is 0 Å². The van der Waals surface area contributed by atoms with Crippen molar-refractivity contribution in [3.8, 4) is 0 Å². The van der Waals surface area contributed by atoms with Crippen LogP contribution in [0.5, 0.6) is 0 Å². The summed E-state index contributed by atoms with van der Waals surface area (Å²) in [6.07, 6.45) is 18.1. The van der Waals surface area contributed by atoms with Gasteiger partial charge in [0.1, 0.15) is 0 Å². The minimum absolute atomic E-state index is 0.396. The molecule has 164 valence electrons. The van der Waals surface area contributed by atoms with Crippen LogP contribution in [0.25, 0.3) is 5.57 Å². The van der Waals surface area contributed by atoms with Crippen LogP contribution in [0.15, 0.2) is 90.1 Å². The minimum atomic E-state index is 0.396. The van der Waals surface area contributed by atoms with E-state index in [2.05, 4.69) is 99.7 Å². The number of benzene rings is 2. The molecule has 5 rings (SSSR count). The summed E-state index contributed by atoms with van der Waals surface area (Å²) in [4.78, 5) is 0. The molecule has 1 atom stereocenters. The first-order valence-corrected chi connectivity index (χ1v) is 12.5. The molecule has 0 heterocycles. The third-order valence-corrected chi connectivity index (χ3v) is 8.03. The van der Waals surface area contributed by atoms with E-state index in [-0.39, 0.29) is 0 Å². The maximum atomic E-state index is 2.41. The second-order valence-corrected chi connectivity index (χ2v) is 10.4. The van der Waals surface area contributed by atoms with Crippen molar-refractivity contribution < 1.29 is 0 Å². The molecule has 2 aromatic rings. The van der Waals surface area contributed by atoms with Gasteiger partial charge in [0, 0.05) is 5.92 Å². The highest BCUT2D eigenvalue weighted by Gasteiger charge is 2.26. The standard InChI is InChI=1S/C32H36/c1-22(2)25-15-17-27(18-16-25)26-13-9-24(10-14-26)21-29-19-20-31(32-6-4-5-30(29)32)28-11-7-23(3)8-12-28/h4-14,19-20,22,25,27,32H,15-18,21H2,1-3H3. The quantitative estimate of drug-likeness (QED) is 0.454. The highest BCUT2D eigenvalue weighted by molar-refractivity contribution is 5.78. The molecule has 0 amide bonds. The first-order chi connectivity index (χ1) is 15.6. The SMILES string of the molecule is Cc1ccc(C2=CC=C(Cc3ccc(C4CCC(C(C)C)CC4)cc3)C3=CC=CC32)cc1.